The summed E-state index contributed by atoms with van der Waals surface area (Å²) in [6.07, 6.45) is 0. The van der Waals surface area contributed by atoms with E-state index in [1.165, 1.54) is 0 Å². The summed E-state index contributed by atoms with van der Waals surface area (Å²) in [7, 11) is 0. The standard InChI is InChI=1S/C12H12F2N2OS/c1-8(16-12(17)7-18-5-4-15)10-6-9(13)2-3-11(10)14/h2-3,6,8H,5,7H2,1H3,(H,16,17)/t8-/m0/s1. The SMILES string of the molecule is C[C@H](NC(=O)CSCC#N)c1cc(F)ccc1F. The number of nitriles is 1. The molecule has 0 aliphatic rings. The van der Waals surface area contributed by atoms with Gasteiger partial charge in [0, 0.05) is 5.56 Å². The van der Waals surface area contributed by atoms with Crippen LogP contribution in [-0.4, -0.2) is 17.4 Å². The Morgan fingerprint density at radius 1 is 1.56 bits per heavy atom. The van der Waals surface area contributed by atoms with Crippen molar-refractivity contribution in [3.8, 4) is 6.07 Å². The average Bonchev–Trinajstić information content (AvgIpc) is 2.32. The Morgan fingerprint density at radius 2 is 2.28 bits per heavy atom. The quantitative estimate of drug-likeness (QED) is 0.836. The molecule has 1 N–H and O–H groups in total. The molecule has 0 saturated heterocycles. The number of halogens is 2. The van der Waals surface area contributed by atoms with Crippen LogP contribution >= 0.6 is 11.8 Å². The molecule has 0 fully saturated rings. The number of amides is 1. The Bertz CT molecular complexity index is 474. The lowest BCUT2D eigenvalue weighted by Crippen LogP contribution is -2.28. The largest absolute Gasteiger partial charge is 0.349 e. The van der Waals surface area contributed by atoms with Crippen molar-refractivity contribution in [1.82, 2.24) is 5.32 Å². The molecule has 0 heterocycles. The van der Waals surface area contributed by atoms with E-state index < -0.39 is 17.7 Å². The summed E-state index contributed by atoms with van der Waals surface area (Å²) in [5, 5.41) is 10.9. The highest BCUT2D eigenvalue weighted by Crippen LogP contribution is 2.18. The fraction of sp³-hybridized carbons (Fsp3) is 0.333. The zero-order valence-electron chi connectivity index (χ0n) is 9.74. The molecule has 0 aromatic heterocycles. The summed E-state index contributed by atoms with van der Waals surface area (Å²) in [5.74, 6) is -1.09. The molecular formula is C12H12F2N2OS. The van der Waals surface area contributed by atoms with Crippen LogP contribution in [0.1, 0.15) is 18.5 Å². The van der Waals surface area contributed by atoms with E-state index in [1.807, 2.05) is 6.07 Å². The summed E-state index contributed by atoms with van der Waals surface area (Å²) in [4.78, 5) is 11.4. The third-order valence-electron chi connectivity index (χ3n) is 2.20. The number of carbonyl (C=O) groups is 1. The number of nitrogens with zero attached hydrogens (tertiary/aromatic N) is 1. The maximum absolute atomic E-state index is 13.4. The maximum Gasteiger partial charge on any atom is 0.230 e. The number of rotatable bonds is 5. The smallest absolute Gasteiger partial charge is 0.230 e. The van der Waals surface area contributed by atoms with Crippen molar-refractivity contribution in [3.63, 3.8) is 0 Å². The van der Waals surface area contributed by atoms with Crippen LogP contribution in [0.5, 0.6) is 0 Å². The van der Waals surface area contributed by atoms with Gasteiger partial charge in [0.2, 0.25) is 5.91 Å². The second kappa shape index (κ2) is 6.97. The number of nitrogens with one attached hydrogen (secondary N) is 1. The summed E-state index contributed by atoms with van der Waals surface area (Å²) in [6.45, 7) is 1.57. The molecule has 96 valence electrons. The summed E-state index contributed by atoms with van der Waals surface area (Å²) in [6, 6.07) is 4.39. The molecule has 1 aromatic rings. The van der Waals surface area contributed by atoms with Crippen LogP contribution in [0.2, 0.25) is 0 Å². The van der Waals surface area contributed by atoms with Crippen molar-refractivity contribution in [2.24, 2.45) is 0 Å². The first kappa shape index (κ1) is 14.5. The number of hydrogen-bond acceptors (Lipinski definition) is 3. The van der Waals surface area contributed by atoms with Crippen LogP contribution in [0, 0.1) is 23.0 Å². The minimum absolute atomic E-state index is 0.105. The minimum atomic E-state index is -0.615. The molecule has 0 radical (unpaired) electrons. The minimum Gasteiger partial charge on any atom is -0.349 e. The van der Waals surface area contributed by atoms with Gasteiger partial charge in [-0.15, -0.1) is 11.8 Å². The van der Waals surface area contributed by atoms with Crippen LogP contribution in [-0.2, 0) is 4.79 Å². The Hall–Kier alpha value is -1.61. The van der Waals surface area contributed by atoms with Crippen molar-refractivity contribution in [2.75, 3.05) is 11.5 Å². The van der Waals surface area contributed by atoms with E-state index in [4.69, 9.17) is 5.26 Å². The predicted octanol–water partition coefficient (Wildman–Crippen LogP) is 2.40. The van der Waals surface area contributed by atoms with Crippen LogP contribution in [0.3, 0.4) is 0 Å². The molecule has 0 spiro atoms. The third kappa shape index (κ3) is 4.34. The fourth-order valence-electron chi connectivity index (χ4n) is 1.40. The van der Waals surface area contributed by atoms with Crippen LogP contribution in [0.4, 0.5) is 8.78 Å². The van der Waals surface area contributed by atoms with Crippen molar-refractivity contribution in [1.29, 1.82) is 5.26 Å². The monoisotopic (exact) mass is 270 g/mol. The lowest BCUT2D eigenvalue weighted by atomic mass is 10.1. The predicted molar refractivity (Wildman–Crippen MR) is 65.9 cm³/mol. The molecular weight excluding hydrogens is 258 g/mol. The molecule has 1 rings (SSSR count). The Morgan fingerprint density at radius 3 is 2.94 bits per heavy atom. The van der Waals surface area contributed by atoms with E-state index in [0.717, 1.165) is 30.0 Å². The number of benzene rings is 1. The number of carbonyl (C=O) groups excluding carboxylic acids is 1. The van der Waals surface area contributed by atoms with Gasteiger partial charge in [-0.1, -0.05) is 0 Å². The van der Waals surface area contributed by atoms with Crippen molar-refractivity contribution in [2.45, 2.75) is 13.0 Å². The molecule has 3 nitrogen and oxygen atoms in total. The fourth-order valence-corrected chi connectivity index (χ4v) is 1.86. The van der Waals surface area contributed by atoms with Gasteiger partial charge in [-0.25, -0.2) is 8.78 Å². The van der Waals surface area contributed by atoms with E-state index in [9.17, 15) is 13.6 Å². The third-order valence-corrected chi connectivity index (χ3v) is 3.00. The normalized spacial score (nSPS) is 11.7. The van der Waals surface area contributed by atoms with Gasteiger partial charge < -0.3 is 5.32 Å². The second-order valence-corrected chi connectivity index (χ2v) is 4.59. The second-order valence-electron chi connectivity index (χ2n) is 3.61. The summed E-state index contributed by atoms with van der Waals surface area (Å²) in [5.41, 5.74) is 0.105. The van der Waals surface area contributed by atoms with Gasteiger partial charge in [0.25, 0.3) is 0 Å². The van der Waals surface area contributed by atoms with E-state index in [1.54, 1.807) is 6.92 Å². The van der Waals surface area contributed by atoms with Gasteiger partial charge in [-0.2, -0.15) is 5.26 Å². The van der Waals surface area contributed by atoms with Gasteiger partial charge >= 0.3 is 0 Å². The lowest BCUT2D eigenvalue weighted by molar-refractivity contribution is -0.119. The molecule has 6 heteroatoms. The van der Waals surface area contributed by atoms with E-state index >= 15 is 0 Å². The van der Waals surface area contributed by atoms with Crippen molar-refractivity contribution >= 4 is 17.7 Å². The van der Waals surface area contributed by atoms with Crippen molar-refractivity contribution < 1.29 is 13.6 Å². The number of thioether (sulfide) groups is 1. The van der Waals surface area contributed by atoms with Crippen LogP contribution in [0.25, 0.3) is 0 Å². The lowest BCUT2D eigenvalue weighted by Gasteiger charge is -2.14. The zero-order valence-corrected chi connectivity index (χ0v) is 10.6. The van der Waals surface area contributed by atoms with Crippen LogP contribution in [0.15, 0.2) is 18.2 Å². The molecule has 1 amide bonds. The Labute approximate surface area is 108 Å². The molecule has 0 saturated carbocycles. The highest BCUT2D eigenvalue weighted by molar-refractivity contribution is 8.00. The van der Waals surface area contributed by atoms with Gasteiger partial charge in [-0.3, -0.25) is 4.79 Å². The van der Waals surface area contributed by atoms with Crippen molar-refractivity contribution in [3.05, 3.63) is 35.4 Å². The van der Waals surface area contributed by atoms with Gasteiger partial charge in [-0.05, 0) is 25.1 Å². The summed E-state index contributed by atoms with van der Waals surface area (Å²) < 4.78 is 26.4. The molecule has 18 heavy (non-hydrogen) atoms. The summed E-state index contributed by atoms with van der Waals surface area (Å²) >= 11 is 1.16. The van der Waals surface area contributed by atoms with Gasteiger partial charge in [0.05, 0.1) is 23.6 Å². The molecule has 0 bridgehead atoms. The Balaban J connectivity index is 2.59. The maximum atomic E-state index is 13.4. The molecule has 0 unspecified atom stereocenters. The first-order valence-electron chi connectivity index (χ1n) is 5.23. The first-order valence-corrected chi connectivity index (χ1v) is 6.39. The molecule has 1 atom stereocenters. The highest BCUT2D eigenvalue weighted by Gasteiger charge is 2.14. The Kier molecular flexibility index (Phi) is 5.59. The first-order chi connectivity index (χ1) is 8.54. The molecule has 0 aliphatic heterocycles. The zero-order chi connectivity index (χ0) is 13.5. The van der Waals surface area contributed by atoms with Gasteiger partial charge in [0.15, 0.2) is 0 Å². The van der Waals surface area contributed by atoms with E-state index in [0.29, 0.717) is 0 Å². The average molecular weight is 270 g/mol. The molecule has 1 aromatic carbocycles. The van der Waals surface area contributed by atoms with Crippen LogP contribution < -0.4 is 5.32 Å². The van der Waals surface area contributed by atoms with E-state index in [2.05, 4.69) is 5.32 Å². The highest BCUT2D eigenvalue weighted by atomic mass is 32.2. The van der Waals surface area contributed by atoms with E-state index in [-0.39, 0.29) is 23.0 Å². The van der Waals surface area contributed by atoms with Gasteiger partial charge in [0.1, 0.15) is 11.6 Å². The number of hydrogen-bond donors (Lipinski definition) is 1. The molecule has 0 aliphatic carbocycles. The topological polar surface area (TPSA) is 52.9 Å².